The molecule has 4 nitrogen and oxygen atoms in total. The van der Waals surface area contributed by atoms with Crippen molar-refractivity contribution >= 4 is 17.4 Å². The van der Waals surface area contributed by atoms with E-state index in [-0.39, 0.29) is 6.03 Å². The van der Waals surface area contributed by atoms with Crippen molar-refractivity contribution in [3.63, 3.8) is 0 Å². The zero-order chi connectivity index (χ0) is 17.5. The van der Waals surface area contributed by atoms with Gasteiger partial charge in [0, 0.05) is 6.54 Å². The van der Waals surface area contributed by atoms with Crippen LogP contribution in [0.2, 0.25) is 0 Å². The van der Waals surface area contributed by atoms with Crippen LogP contribution in [-0.4, -0.2) is 19.7 Å². The number of hydrogen-bond donors (Lipinski definition) is 1. The summed E-state index contributed by atoms with van der Waals surface area (Å²) in [4.78, 5) is 14.6. The fourth-order valence-electron chi connectivity index (χ4n) is 3.39. The summed E-state index contributed by atoms with van der Waals surface area (Å²) in [5, 5.41) is 3.13. The van der Waals surface area contributed by atoms with Crippen molar-refractivity contribution in [3.05, 3.63) is 54.6 Å². The average molecular weight is 338 g/mol. The summed E-state index contributed by atoms with van der Waals surface area (Å²) in [6.07, 6.45) is 6.32. The van der Waals surface area contributed by atoms with E-state index in [0.717, 1.165) is 23.7 Å². The second-order valence-corrected chi connectivity index (χ2v) is 6.56. The summed E-state index contributed by atoms with van der Waals surface area (Å²) in [5.74, 6) is 1.38. The largest absolute Gasteiger partial charge is 0.497 e. The standard InChI is InChI=1S/C21H26N2O2/c1-25-20-14-12-19(13-15-20)23(18-10-6-3-7-11-18)21(24)22-16-17-8-4-2-5-9-17/h3,6-7,10-15,17H,2,4-5,8-9,16H2,1H3,(H,22,24). The van der Waals surface area contributed by atoms with E-state index in [4.69, 9.17) is 4.74 Å². The number of methoxy groups -OCH3 is 1. The number of para-hydroxylation sites is 1. The zero-order valence-corrected chi connectivity index (χ0v) is 14.8. The highest BCUT2D eigenvalue weighted by Crippen LogP contribution is 2.28. The highest BCUT2D eigenvalue weighted by atomic mass is 16.5. The summed E-state index contributed by atoms with van der Waals surface area (Å²) >= 11 is 0. The number of amides is 2. The number of anilines is 2. The van der Waals surface area contributed by atoms with Crippen molar-refractivity contribution in [1.29, 1.82) is 0 Å². The van der Waals surface area contributed by atoms with Gasteiger partial charge in [-0.2, -0.15) is 0 Å². The minimum atomic E-state index is -0.0815. The van der Waals surface area contributed by atoms with E-state index in [9.17, 15) is 4.79 Å². The molecule has 132 valence electrons. The fourth-order valence-corrected chi connectivity index (χ4v) is 3.39. The van der Waals surface area contributed by atoms with Gasteiger partial charge < -0.3 is 10.1 Å². The van der Waals surface area contributed by atoms with Crippen LogP contribution in [0.25, 0.3) is 0 Å². The number of ether oxygens (including phenoxy) is 1. The SMILES string of the molecule is COc1ccc(N(C(=O)NCC2CCCCC2)c2ccccc2)cc1. The molecule has 1 aliphatic rings. The molecule has 2 amide bonds. The number of hydrogen-bond acceptors (Lipinski definition) is 2. The lowest BCUT2D eigenvalue weighted by Crippen LogP contribution is -2.39. The molecule has 1 aliphatic carbocycles. The molecule has 0 radical (unpaired) electrons. The number of benzene rings is 2. The Bertz CT molecular complexity index is 664. The first-order chi connectivity index (χ1) is 12.3. The summed E-state index contributed by atoms with van der Waals surface area (Å²) < 4.78 is 5.22. The van der Waals surface area contributed by atoms with Crippen LogP contribution in [0.4, 0.5) is 16.2 Å². The highest BCUT2D eigenvalue weighted by Gasteiger charge is 2.20. The van der Waals surface area contributed by atoms with Crippen LogP contribution >= 0.6 is 0 Å². The third-order valence-electron chi connectivity index (χ3n) is 4.81. The van der Waals surface area contributed by atoms with E-state index in [2.05, 4.69) is 5.32 Å². The molecule has 0 unspecified atom stereocenters. The van der Waals surface area contributed by atoms with Gasteiger partial charge in [-0.15, -0.1) is 0 Å². The van der Waals surface area contributed by atoms with E-state index in [0.29, 0.717) is 5.92 Å². The normalized spacial score (nSPS) is 14.8. The molecule has 0 bridgehead atoms. The van der Waals surface area contributed by atoms with Gasteiger partial charge in [-0.1, -0.05) is 37.5 Å². The average Bonchev–Trinajstić information content (AvgIpc) is 2.69. The van der Waals surface area contributed by atoms with Crippen LogP contribution in [-0.2, 0) is 0 Å². The molecule has 2 aromatic carbocycles. The molecule has 25 heavy (non-hydrogen) atoms. The number of carbonyl (C=O) groups is 1. The number of nitrogens with zero attached hydrogens (tertiary/aromatic N) is 1. The highest BCUT2D eigenvalue weighted by molar-refractivity contribution is 5.99. The molecule has 1 fully saturated rings. The third-order valence-corrected chi connectivity index (χ3v) is 4.81. The number of urea groups is 1. The van der Waals surface area contributed by atoms with E-state index in [1.807, 2.05) is 54.6 Å². The van der Waals surface area contributed by atoms with Crippen molar-refractivity contribution in [2.45, 2.75) is 32.1 Å². The van der Waals surface area contributed by atoms with Crippen LogP contribution < -0.4 is 15.0 Å². The van der Waals surface area contributed by atoms with E-state index in [1.165, 1.54) is 32.1 Å². The van der Waals surface area contributed by atoms with Crippen molar-refractivity contribution in [3.8, 4) is 5.75 Å². The Morgan fingerprint density at radius 1 is 1.00 bits per heavy atom. The van der Waals surface area contributed by atoms with Crippen LogP contribution in [0, 0.1) is 5.92 Å². The summed E-state index contributed by atoms with van der Waals surface area (Å²) in [6, 6.07) is 17.2. The molecule has 0 spiro atoms. The van der Waals surface area contributed by atoms with Gasteiger partial charge in [0.05, 0.1) is 18.5 Å². The molecule has 0 aliphatic heterocycles. The summed E-state index contributed by atoms with van der Waals surface area (Å²) in [5.41, 5.74) is 1.68. The van der Waals surface area contributed by atoms with Crippen molar-refractivity contribution < 1.29 is 9.53 Å². The van der Waals surface area contributed by atoms with Gasteiger partial charge in [0.25, 0.3) is 0 Å². The second-order valence-electron chi connectivity index (χ2n) is 6.56. The van der Waals surface area contributed by atoms with Gasteiger partial charge >= 0.3 is 6.03 Å². The Balaban J connectivity index is 1.76. The van der Waals surface area contributed by atoms with Crippen LogP contribution in [0.15, 0.2) is 54.6 Å². The maximum Gasteiger partial charge on any atom is 0.326 e. The summed E-state index contributed by atoms with van der Waals surface area (Å²) in [6.45, 7) is 0.748. The summed E-state index contributed by atoms with van der Waals surface area (Å²) in [7, 11) is 1.64. The van der Waals surface area contributed by atoms with Crippen molar-refractivity contribution in [1.82, 2.24) is 5.32 Å². The Kier molecular flexibility index (Phi) is 5.94. The number of rotatable bonds is 5. The maximum absolute atomic E-state index is 12.9. The predicted molar refractivity (Wildman–Crippen MR) is 102 cm³/mol. The number of nitrogens with one attached hydrogen (secondary N) is 1. The molecule has 4 heteroatoms. The molecular formula is C21H26N2O2. The molecule has 0 aromatic heterocycles. The molecule has 0 atom stereocenters. The molecule has 1 N–H and O–H groups in total. The van der Waals surface area contributed by atoms with E-state index < -0.39 is 0 Å². The molecule has 2 aromatic rings. The monoisotopic (exact) mass is 338 g/mol. The zero-order valence-electron chi connectivity index (χ0n) is 14.8. The lowest BCUT2D eigenvalue weighted by Gasteiger charge is -2.26. The quantitative estimate of drug-likeness (QED) is 0.822. The van der Waals surface area contributed by atoms with Crippen molar-refractivity contribution in [2.75, 3.05) is 18.6 Å². The fraction of sp³-hybridized carbons (Fsp3) is 0.381. The van der Waals surface area contributed by atoms with Gasteiger partial charge in [0.15, 0.2) is 0 Å². The maximum atomic E-state index is 12.9. The van der Waals surface area contributed by atoms with Gasteiger partial charge in [0.1, 0.15) is 5.75 Å². The number of carbonyl (C=O) groups excluding carboxylic acids is 1. The Labute approximate surface area is 149 Å². The Morgan fingerprint density at radius 3 is 2.28 bits per heavy atom. The lowest BCUT2D eigenvalue weighted by atomic mass is 9.89. The first-order valence-corrected chi connectivity index (χ1v) is 9.05. The Hall–Kier alpha value is -2.49. The molecule has 1 saturated carbocycles. The first-order valence-electron chi connectivity index (χ1n) is 9.05. The topological polar surface area (TPSA) is 41.6 Å². The molecule has 0 heterocycles. The first kappa shape index (κ1) is 17.3. The van der Waals surface area contributed by atoms with E-state index in [1.54, 1.807) is 12.0 Å². The van der Waals surface area contributed by atoms with Gasteiger partial charge in [-0.25, -0.2) is 4.79 Å². The third kappa shape index (κ3) is 4.53. The molecule has 0 saturated heterocycles. The van der Waals surface area contributed by atoms with Gasteiger partial charge in [-0.05, 0) is 55.2 Å². The van der Waals surface area contributed by atoms with Crippen LogP contribution in [0.5, 0.6) is 5.75 Å². The van der Waals surface area contributed by atoms with Crippen LogP contribution in [0.1, 0.15) is 32.1 Å². The minimum Gasteiger partial charge on any atom is -0.497 e. The molecule has 3 rings (SSSR count). The smallest absolute Gasteiger partial charge is 0.326 e. The lowest BCUT2D eigenvalue weighted by molar-refractivity contribution is 0.244. The van der Waals surface area contributed by atoms with Gasteiger partial charge in [-0.3, -0.25) is 4.90 Å². The predicted octanol–water partition coefficient (Wildman–Crippen LogP) is 5.12. The minimum absolute atomic E-state index is 0.0815. The van der Waals surface area contributed by atoms with Gasteiger partial charge in [0.2, 0.25) is 0 Å². The van der Waals surface area contributed by atoms with Crippen molar-refractivity contribution in [2.24, 2.45) is 5.92 Å². The second kappa shape index (κ2) is 8.56. The van der Waals surface area contributed by atoms with Crippen LogP contribution in [0.3, 0.4) is 0 Å². The van der Waals surface area contributed by atoms with E-state index >= 15 is 0 Å². The molecular weight excluding hydrogens is 312 g/mol. The Morgan fingerprint density at radius 2 is 1.64 bits per heavy atom.